The van der Waals surface area contributed by atoms with Gasteiger partial charge in [-0.25, -0.2) is 0 Å². The molecule has 3 unspecified atom stereocenters. The first-order valence-electron chi connectivity index (χ1n) is 4.62. The van der Waals surface area contributed by atoms with Crippen molar-refractivity contribution in [2.45, 2.75) is 37.5 Å². The van der Waals surface area contributed by atoms with Gasteiger partial charge in [0.15, 0.2) is 0 Å². The molecular weight excluding hydrogens is 204 g/mol. The predicted molar refractivity (Wildman–Crippen MR) is 49.6 cm³/mol. The molecule has 0 saturated carbocycles. The standard InChI is InChI=1S/C8H16N2O5/c1-3(12)10-5-7(14)6(13)4(2-11)15-8(5)9/h4-8,11,13-14H,2,9H2,1H3,(H,10,12)/t4?,5?,6-,7?,8+/m0/s1. The topological polar surface area (TPSA) is 125 Å². The lowest BCUT2D eigenvalue weighted by molar-refractivity contribution is -0.193. The SMILES string of the molecule is CC(=O)NC1C(O)[C@@H](O)C(CO)O[C@H]1N. The molecule has 1 saturated heterocycles. The minimum Gasteiger partial charge on any atom is -0.394 e. The molecule has 1 aliphatic heterocycles. The number of hydrogen-bond acceptors (Lipinski definition) is 6. The summed E-state index contributed by atoms with van der Waals surface area (Å²) in [5.41, 5.74) is 5.53. The van der Waals surface area contributed by atoms with Gasteiger partial charge in [-0.3, -0.25) is 4.79 Å². The zero-order valence-corrected chi connectivity index (χ0v) is 8.33. The molecule has 1 amide bonds. The molecule has 0 aromatic carbocycles. The smallest absolute Gasteiger partial charge is 0.217 e. The molecular formula is C8H16N2O5. The van der Waals surface area contributed by atoms with E-state index in [0.29, 0.717) is 0 Å². The number of hydrogen-bond donors (Lipinski definition) is 5. The highest BCUT2D eigenvalue weighted by Crippen LogP contribution is 2.18. The summed E-state index contributed by atoms with van der Waals surface area (Å²) in [6.07, 6.45) is -4.41. The number of ether oxygens (including phenoxy) is 1. The van der Waals surface area contributed by atoms with Crippen molar-refractivity contribution < 1.29 is 24.9 Å². The highest BCUT2D eigenvalue weighted by atomic mass is 16.5. The van der Waals surface area contributed by atoms with Gasteiger partial charge in [0.2, 0.25) is 5.91 Å². The summed E-state index contributed by atoms with van der Waals surface area (Å²) < 4.78 is 5.03. The molecule has 1 heterocycles. The lowest BCUT2D eigenvalue weighted by Crippen LogP contribution is -2.66. The molecule has 1 fully saturated rings. The van der Waals surface area contributed by atoms with Gasteiger partial charge < -0.3 is 31.1 Å². The van der Waals surface area contributed by atoms with E-state index >= 15 is 0 Å². The lowest BCUT2D eigenvalue weighted by Gasteiger charge is -2.40. The molecule has 0 aliphatic carbocycles. The molecule has 7 nitrogen and oxygen atoms in total. The van der Waals surface area contributed by atoms with Gasteiger partial charge in [0.05, 0.1) is 12.6 Å². The number of carbonyl (C=O) groups is 1. The first kappa shape index (κ1) is 12.3. The first-order chi connectivity index (χ1) is 6.97. The van der Waals surface area contributed by atoms with E-state index in [4.69, 9.17) is 15.6 Å². The number of nitrogens with one attached hydrogen (secondary N) is 1. The van der Waals surface area contributed by atoms with Crippen molar-refractivity contribution in [2.75, 3.05) is 6.61 Å². The zero-order valence-electron chi connectivity index (χ0n) is 8.33. The Hall–Kier alpha value is -0.730. The Labute approximate surface area is 86.8 Å². The van der Waals surface area contributed by atoms with Crippen LogP contribution < -0.4 is 11.1 Å². The van der Waals surface area contributed by atoms with E-state index in [1.54, 1.807) is 0 Å². The maximum Gasteiger partial charge on any atom is 0.217 e. The van der Waals surface area contributed by atoms with Gasteiger partial charge in [-0.05, 0) is 0 Å². The largest absolute Gasteiger partial charge is 0.394 e. The van der Waals surface area contributed by atoms with Crippen LogP contribution in [0.25, 0.3) is 0 Å². The normalized spacial score (nSPS) is 41.3. The summed E-state index contributed by atoms with van der Waals surface area (Å²) in [6.45, 7) is 0.822. The Balaban J connectivity index is 2.70. The van der Waals surface area contributed by atoms with Crippen LogP contribution >= 0.6 is 0 Å². The van der Waals surface area contributed by atoms with Gasteiger partial charge in [0, 0.05) is 6.92 Å². The summed E-state index contributed by atoms with van der Waals surface area (Å²) in [4.78, 5) is 10.8. The molecule has 1 rings (SSSR count). The molecule has 88 valence electrons. The Bertz CT molecular complexity index is 237. The van der Waals surface area contributed by atoms with Crippen LogP contribution in [0.5, 0.6) is 0 Å². The summed E-state index contributed by atoms with van der Waals surface area (Å²) in [7, 11) is 0. The van der Waals surface area contributed by atoms with Crippen LogP contribution in [0.1, 0.15) is 6.92 Å². The number of aliphatic hydroxyl groups is 3. The van der Waals surface area contributed by atoms with Crippen LogP contribution in [-0.2, 0) is 9.53 Å². The van der Waals surface area contributed by atoms with Crippen molar-refractivity contribution in [3.63, 3.8) is 0 Å². The molecule has 7 heteroatoms. The van der Waals surface area contributed by atoms with Crippen molar-refractivity contribution >= 4 is 5.91 Å². The van der Waals surface area contributed by atoms with E-state index in [2.05, 4.69) is 5.32 Å². The van der Waals surface area contributed by atoms with Gasteiger partial charge in [0.25, 0.3) is 0 Å². The summed E-state index contributed by atoms with van der Waals surface area (Å²) in [6, 6.07) is -0.875. The molecule has 0 radical (unpaired) electrons. The van der Waals surface area contributed by atoms with Gasteiger partial charge in [-0.2, -0.15) is 0 Å². The molecule has 0 aromatic rings. The molecule has 1 aliphatic rings. The highest BCUT2D eigenvalue weighted by molar-refractivity contribution is 5.73. The fourth-order valence-electron chi connectivity index (χ4n) is 1.55. The van der Waals surface area contributed by atoms with Gasteiger partial charge in [-0.1, -0.05) is 0 Å². The van der Waals surface area contributed by atoms with Crippen LogP contribution in [0.15, 0.2) is 0 Å². The number of amides is 1. The van der Waals surface area contributed by atoms with Gasteiger partial charge in [-0.15, -0.1) is 0 Å². The van der Waals surface area contributed by atoms with Crippen LogP contribution in [-0.4, -0.2) is 58.4 Å². The Morgan fingerprint density at radius 1 is 1.47 bits per heavy atom. The van der Waals surface area contributed by atoms with E-state index in [9.17, 15) is 15.0 Å². The maximum atomic E-state index is 10.8. The molecule has 15 heavy (non-hydrogen) atoms. The Kier molecular flexibility index (Phi) is 4.00. The van der Waals surface area contributed by atoms with Gasteiger partial charge in [0.1, 0.15) is 24.5 Å². The molecule has 0 aromatic heterocycles. The Morgan fingerprint density at radius 3 is 2.53 bits per heavy atom. The van der Waals surface area contributed by atoms with E-state index in [0.717, 1.165) is 0 Å². The fourth-order valence-corrected chi connectivity index (χ4v) is 1.55. The number of carbonyl (C=O) groups excluding carboxylic acids is 1. The van der Waals surface area contributed by atoms with Crippen molar-refractivity contribution in [3.8, 4) is 0 Å². The second-order valence-electron chi connectivity index (χ2n) is 3.53. The average Bonchev–Trinajstić information content (AvgIpc) is 2.18. The number of nitrogens with two attached hydrogens (primary N) is 1. The first-order valence-corrected chi connectivity index (χ1v) is 4.62. The third-order valence-corrected chi connectivity index (χ3v) is 2.33. The van der Waals surface area contributed by atoms with E-state index in [-0.39, 0.29) is 5.91 Å². The van der Waals surface area contributed by atoms with Crippen LogP contribution in [0, 0.1) is 0 Å². The third-order valence-electron chi connectivity index (χ3n) is 2.33. The van der Waals surface area contributed by atoms with Crippen molar-refractivity contribution in [3.05, 3.63) is 0 Å². The average molecular weight is 220 g/mol. The minimum absolute atomic E-state index is 0.382. The number of aliphatic hydroxyl groups excluding tert-OH is 3. The van der Waals surface area contributed by atoms with Crippen LogP contribution in [0.3, 0.4) is 0 Å². The van der Waals surface area contributed by atoms with E-state index in [1.807, 2.05) is 0 Å². The van der Waals surface area contributed by atoms with Gasteiger partial charge >= 0.3 is 0 Å². The maximum absolute atomic E-state index is 10.8. The van der Waals surface area contributed by atoms with E-state index in [1.165, 1.54) is 6.92 Å². The van der Waals surface area contributed by atoms with Crippen molar-refractivity contribution in [1.29, 1.82) is 0 Å². The van der Waals surface area contributed by atoms with Crippen molar-refractivity contribution in [2.24, 2.45) is 5.73 Å². The summed E-state index contributed by atoms with van der Waals surface area (Å²) >= 11 is 0. The fraction of sp³-hybridized carbons (Fsp3) is 0.875. The lowest BCUT2D eigenvalue weighted by atomic mass is 9.96. The second kappa shape index (κ2) is 4.86. The number of rotatable bonds is 2. The summed E-state index contributed by atoms with van der Waals surface area (Å²) in [5.74, 6) is -0.382. The highest BCUT2D eigenvalue weighted by Gasteiger charge is 2.42. The van der Waals surface area contributed by atoms with Crippen LogP contribution in [0.4, 0.5) is 0 Å². The van der Waals surface area contributed by atoms with Crippen LogP contribution in [0.2, 0.25) is 0 Å². The minimum atomic E-state index is -1.27. The monoisotopic (exact) mass is 220 g/mol. The zero-order chi connectivity index (χ0) is 11.6. The molecule has 0 bridgehead atoms. The molecule has 6 N–H and O–H groups in total. The summed E-state index contributed by atoms with van der Waals surface area (Å²) in [5, 5.41) is 30.3. The van der Waals surface area contributed by atoms with E-state index < -0.39 is 37.2 Å². The quantitative estimate of drug-likeness (QED) is 0.335. The molecule has 0 spiro atoms. The second-order valence-corrected chi connectivity index (χ2v) is 3.53. The Morgan fingerprint density at radius 2 is 2.07 bits per heavy atom. The predicted octanol–water partition coefficient (Wildman–Crippen LogP) is -3.11. The third kappa shape index (κ3) is 2.64. The molecule has 5 atom stereocenters. The van der Waals surface area contributed by atoms with Crippen molar-refractivity contribution in [1.82, 2.24) is 5.32 Å².